The number of aromatic nitrogens is 4. The van der Waals surface area contributed by atoms with Crippen LogP contribution in [0.1, 0.15) is 10.5 Å². The van der Waals surface area contributed by atoms with E-state index in [1.165, 1.54) is 41.2 Å². The molecule has 1 amide bonds. The Labute approximate surface area is 168 Å². The molecule has 9 nitrogen and oxygen atoms in total. The van der Waals surface area contributed by atoms with Gasteiger partial charge >= 0.3 is 0 Å². The molecule has 0 saturated carbocycles. The van der Waals surface area contributed by atoms with Crippen LogP contribution in [-0.2, 0) is 0 Å². The number of rotatable bonds is 5. The Hall–Kier alpha value is -4.34. The molecule has 0 atom stereocenters. The lowest BCUT2D eigenvalue weighted by Gasteiger charge is -2.07. The summed E-state index contributed by atoms with van der Waals surface area (Å²) >= 11 is 0. The lowest BCUT2D eigenvalue weighted by atomic mass is 10.1. The molecule has 0 saturated heterocycles. The van der Waals surface area contributed by atoms with Crippen LogP contribution in [0, 0.1) is 5.82 Å². The van der Waals surface area contributed by atoms with E-state index in [2.05, 4.69) is 20.7 Å². The van der Waals surface area contributed by atoms with Crippen molar-refractivity contribution in [3.05, 3.63) is 82.5 Å². The quantitative estimate of drug-likeness (QED) is 0.541. The van der Waals surface area contributed by atoms with Crippen molar-refractivity contribution in [3.63, 3.8) is 0 Å². The van der Waals surface area contributed by atoms with E-state index in [0.717, 1.165) is 0 Å². The first kappa shape index (κ1) is 19.0. The topological polar surface area (TPSA) is 112 Å². The van der Waals surface area contributed by atoms with Crippen molar-refractivity contribution < 1.29 is 18.6 Å². The van der Waals surface area contributed by atoms with E-state index >= 15 is 0 Å². The van der Waals surface area contributed by atoms with Gasteiger partial charge in [-0.05, 0) is 58.8 Å². The predicted molar refractivity (Wildman–Crippen MR) is 104 cm³/mol. The van der Waals surface area contributed by atoms with Crippen molar-refractivity contribution in [1.29, 1.82) is 0 Å². The fourth-order valence-corrected chi connectivity index (χ4v) is 2.68. The van der Waals surface area contributed by atoms with Crippen LogP contribution < -0.4 is 15.5 Å². The van der Waals surface area contributed by atoms with E-state index in [-0.39, 0.29) is 17.2 Å². The monoisotopic (exact) mass is 407 g/mol. The summed E-state index contributed by atoms with van der Waals surface area (Å²) in [5.41, 5.74) is 0.421. The van der Waals surface area contributed by atoms with Crippen LogP contribution in [0.5, 0.6) is 5.75 Å². The predicted octanol–water partition coefficient (Wildman–Crippen LogP) is 2.68. The number of nitrogens with zero attached hydrogens (tertiary/aromatic N) is 4. The standard InChI is InChI=1S/C20H14FN5O4/c1-29-15-8-2-12(3-9-15)17-19(25-30-24-17)22-20(28)18-16(27)10-11-26(23-18)14-6-4-13(21)5-7-14/h2-11H,1H3,(H,22,25,28). The minimum absolute atomic E-state index is 0.0311. The summed E-state index contributed by atoms with van der Waals surface area (Å²) in [6.07, 6.45) is 1.38. The highest BCUT2D eigenvalue weighted by molar-refractivity contribution is 6.03. The van der Waals surface area contributed by atoms with Gasteiger partial charge in [-0.1, -0.05) is 0 Å². The van der Waals surface area contributed by atoms with Gasteiger partial charge in [-0.25, -0.2) is 13.7 Å². The minimum atomic E-state index is -0.790. The summed E-state index contributed by atoms with van der Waals surface area (Å²) in [5.74, 6) is -0.525. The van der Waals surface area contributed by atoms with E-state index < -0.39 is 17.2 Å². The van der Waals surface area contributed by atoms with Gasteiger partial charge in [-0.3, -0.25) is 9.59 Å². The third-order valence-electron chi connectivity index (χ3n) is 4.20. The molecule has 2 heterocycles. The highest BCUT2D eigenvalue weighted by atomic mass is 19.1. The molecule has 0 radical (unpaired) electrons. The molecule has 30 heavy (non-hydrogen) atoms. The molecule has 2 aromatic carbocycles. The summed E-state index contributed by atoms with van der Waals surface area (Å²) < 4.78 is 24.3. The molecule has 4 aromatic rings. The maximum absolute atomic E-state index is 13.1. The molecule has 2 aromatic heterocycles. The van der Waals surface area contributed by atoms with Crippen molar-refractivity contribution in [2.45, 2.75) is 0 Å². The van der Waals surface area contributed by atoms with Crippen LogP contribution in [0.25, 0.3) is 16.9 Å². The average molecular weight is 407 g/mol. The van der Waals surface area contributed by atoms with Crippen LogP contribution in [0.3, 0.4) is 0 Å². The average Bonchev–Trinajstić information content (AvgIpc) is 3.22. The van der Waals surface area contributed by atoms with Gasteiger partial charge in [0.2, 0.25) is 11.2 Å². The van der Waals surface area contributed by atoms with Gasteiger partial charge in [0.15, 0.2) is 11.4 Å². The van der Waals surface area contributed by atoms with E-state index in [9.17, 15) is 14.0 Å². The Morgan fingerprint density at radius 2 is 1.80 bits per heavy atom. The highest BCUT2D eigenvalue weighted by Gasteiger charge is 2.19. The molecular weight excluding hydrogens is 393 g/mol. The Morgan fingerprint density at radius 3 is 2.50 bits per heavy atom. The van der Waals surface area contributed by atoms with Crippen LogP contribution in [-0.4, -0.2) is 33.1 Å². The lowest BCUT2D eigenvalue weighted by Crippen LogP contribution is -2.25. The van der Waals surface area contributed by atoms with Gasteiger partial charge in [0.05, 0.1) is 12.8 Å². The van der Waals surface area contributed by atoms with Crippen LogP contribution >= 0.6 is 0 Å². The Bertz CT molecular complexity index is 1250. The second kappa shape index (κ2) is 7.95. The van der Waals surface area contributed by atoms with Crippen molar-refractivity contribution in [2.24, 2.45) is 0 Å². The number of benzene rings is 2. The number of carbonyl (C=O) groups excluding carboxylic acids is 1. The molecule has 0 spiro atoms. The summed E-state index contributed by atoms with van der Waals surface area (Å²) in [6, 6.07) is 13.5. The van der Waals surface area contributed by atoms with Crippen molar-refractivity contribution in [1.82, 2.24) is 20.1 Å². The Morgan fingerprint density at radius 1 is 1.07 bits per heavy atom. The van der Waals surface area contributed by atoms with E-state index in [4.69, 9.17) is 9.37 Å². The molecule has 0 aliphatic carbocycles. The smallest absolute Gasteiger partial charge is 0.281 e. The van der Waals surface area contributed by atoms with Crippen LogP contribution in [0.2, 0.25) is 0 Å². The van der Waals surface area contributed by atoms with Gasteiger partial charge in [0.25, 0.3) is 5.91 Å². The maximum Gasteiger partial charge on any atom is 0.281 e. The van der Waals surface area contributed by atoms with Gasteiger partial charge < -0.3 is 10.1 Å². The van der Waals surface area contributed by atoms with Gasteiger partial charge in [0, 0.05) is 17.8 Å². The number of anilines is 1. The van der Waals surface area contributed by atoms with Gasteiger partial charge in [-0.15, -0.1) is 0 Å². The molecule has 4 rings (SSSR count). The Kier molecular flexibility index (Phi) is 5.04. The molecule has 0 fully saturated rings. The minimum Gasteiger partial charge on any atom is -0.497 e. The molecule has 1 N–H and O–H groups in total. The van der Waals surface area contributed by atoms with Crippen molar-refractivity contribution in [3.8, 4) is 22.7 Å². The van der Waals surface area contributed by atoms with Gasteiger partial charge in [0.1, 0.15) is 11.6 Å². The molecule has 0 aliphatic heterocycles. The number of ether oxygens (including phenoxy) is 1. The third-order valence-corrected chi connectivity index (χ3v) is 4.20. The van der Waals surface area contributed by atoms with Crippen molar-refractivity contribution in [2.75, 3.05) is 12.4 Å². The summed E-state index contributed by atoms with van der Waals surface area (Å²) in [4.78, 5) is 24.9. The fraction of sp³-hybridized carbons (Fsp3) is 0.0500. The second-order valence-electron chi connectivity index (χ2n) is 6.09. The Balaban J connectivity index is 1.62. The molecule has 0 bridgehead atoms. The first-order valence-electron chi connectivity index (χ1n) is 8.69. The first-order valence-corrected chi connectivity index (χ1v) is 8.69. The summed E-state index contributed by atoms with van der Waals surface area (Å²) in [7, 11) is 1.55. The summed E-state index contributed by atoms with van der Waals surface area (Å²) in [6.45, 7) is 0. The molecular formula is C20H14FN5O4. The number of methoxy groups -OCH3 is 1. The van der Waals surface area contributed by atoms with Crippen LogP contribution in [0.4, 0.5) is 10.2 Å². The molecule has 0 aliphatic rings. The molecule has 0 unspecified atom stereocenters. The number of halogens is 1. The number of nitrogens with one attached hydrogen (secondary N) is 1. The number of carbonyl (C=O) groups is 1. The van der Waals surface area contributed by atoms with Gasteiger partial charge in [-0.2, -0.15) is 5.10 Å². The van der Waals surface area contributed by atoms with E-state index in [1.807, 2.05) is 0 Å². The lowest BCUT2D eigenvalue weighted by molar-refractivity contribution is 0.101. The normalized spacial score (nSPS) is 10.6. The number of hydrogen-bond donors (Lipinski definition) is 1. The maximum atomic E-state index is 13.1. The zero-order valence-electron chi connectivity index (χ0n) is 15.6. The van der Waals surface area contributed by atoms with Crippen molar-refractivity contribution >= 4 is 11.7 Å². The second-order valence-corrected chi connectivity index (χ2v) is 6.09. The highest BCUT2D eigenvalue weighted by Crippen LogP contribution is 2.26. The van der Waals surface area contributed by atoms with Crippen LogP contribution in [0.15, 0.2) is 70.2 Å². The fourth-order valence-electron chi connectivity index (χ4n) is 2.68. The summed E-state index contributed by atoms with van der Waals surface area (Å²) in [5, 5.41) is 14.0. The third kappa shape index (κ3) is 3.78. The van der Waals surface area contributed by atoms with E-state index in [1.54, 1.807) is 31.4 Å². The SMILES string of the molecule is COc1ccc(-c2nonc2NC(=O)c2nn(-c3ccc(F)cc3)ccc2=O)cc1. The van der Waals surface area contributed by atoms with E-state index in [0.29, 0.717) is 17.0 Å². The largest absolute Gasteiger partial charge is 0.497 e. The molecule has 10 heteroatoms. The number of hydrogen-bond acceptors (Lipinski definition) is 7. The first-order chi connectivity index (χ1) is 14.5. The zero-order chi connectivity index (χ0) is 21.1. The zero-order valence-corrected chi connectivity index (χ0v) is 15.6. The molecule has 150 valence electrons. The number of amides is 1.